The Morgan fingerprint density at radius 1 is 0.259 bits per heavy atom. The summed E-state index contributed by atoms with van der Waals surface area (Å²) in [4.78, 5) is 4.60. The van der Waals surface area contributed by atoms with Gasteiger partial charge in [0.05, 0.1) is 24.8 Å². The molecule has 592 valence electrons. The van der Waals surface area contributed by atoms with Crippen LogP contribution < -0.4 is 20.4 Å². The van der Waals surface area contributed by atoms with Crippen molar-refractivity contribution in [2.75, 3.05) is 20.4 Å². The Morgan fingerprint density at radius 3 is 0.768 bits per heavy atom. The van der Waals surface area contributed by atoms with E-state index in [0.717, 1.165) is 37.1 Å². The zero-order valence-corrected chi connectivity index (χ0v) is 68.3. The standard InChI is InChI=1S/C31H46N4.2C23H30N4.C19H22N4/c1-3-5-7-9-11-13-15-28-17-21-30(22-18-28)35(27-34-26-25-32-33-34)31-23-19-29(20-24-31)16-14-12-10-8-6-4-2;1-3-5-7-20-9-13-22(14-10-20)27(19-26-18-17-24-25-26)23-15-11-21(12-16-23)8-6-4-2;1-2-3-4-5-6-8-11-20-14-16-21(17-15-20)23(27-19-18-24-26-27)25-22-12-9-7-10-13-22;1-2-3-7-16-10-12-17(13-11-16)19(23-15-14-20-22-23)21-18-8-5-4-6-9-18/h17-26H,3-16,27H2,1-2H3;9-18H,3-8,19H2,1-2H3;7,9-10,12-19,23,25H,2-6,8,11H2,1H3;4-6,8-15,19,21H,2-3,7H2,1H3. The molecule has 0 saturated heterocycles. The summed E-state index contributed by atoms with van der Waals surface area (Å²) in [5.74, 6) is 0. The first-order valence-corrected chi connectivity index (χ1v) is 42.4. The zero-order valence-electron chi connectivity index (χ0n) is 68.3. The van der Waals surface area contributed by atoms with Gasteiger partial charge in [0.1, 0.15) is 25.7 Å². The number of hydrogen-bond acceptors (Lipinski definition) is 12. The van der Waals surface area contributed by atoms with Gasteiger partial charge in [0.15, 0.2) is 0 Å². The minimum Gasteiger partial charge on any atom is -0.360 e. The van der Waals surface area contributed by atoms with Crippen molar-refractivity contribution in [1.82, 2.24) is 60.0 Å². The lowest BCUT2D eigenvalue weighted by Gasteiger charge is -2.25. The van der Waals surface area contributed by atoms with Crippen LogP contribution in [0, 0.1) is 0 Å². The van der Waals surface area contributed by atoms with Crippen molar-refractivity contribution in [3.8, 4) is 0 Å². The van der Waals surface area contributed by atoms with Crippen molar-refractivity contribution in [3.05, 3.63) is 300 Å². The summed E-state index contributed by atoms with van der Waals surface area (Å²) in [5.41, 5.74) is 17.6. The van der Waals surface area contributed by atoms with E-state index in [0.29, 0.717) is 13.3 Å². The quantitative estimate of drug-likeness (QED) is 0.0349. The van der Waals surface area contributed by atoms with Gasteiger partial charge in [-0.15, -0.1) is 20.4 Å². The number of anilines is 6. The lowest BCUT2D eigenvalue weighted by Crippen LogP contribution is -2.21. The van der Waals surface area contributed by atoms with Crippen LogP contribution >= 0.6 is 0 Å². The molecule has 4 heterocycles. The molecule has 0 aliphatic heterocycles. The van der Waals surface area contributed by atoms with Gasteiger partial charge in [-0.25, -0.2) is 18.7 Å². The molecule has 16 nitrogen and oxygen atoms in total. The van der Waals surface area contributed by atoms with E-state index in [4.69, 9.17) is 0 Å². The molecule has 0 bridgehead atoms. The van der Waals surface area contributed by atoms with Gasteiger partial charge in [0, 0.05) is 58.9 Å². The molecule has 4 aromatic heterocycles. The summed E-state index contributed by atoms with van der Waals surface area (Å²) >= 11 is 0. The largest absolute Gasteiger partial charge is 0.360 e. The first-order chi connectivity index (χ1) is 55.3. The second-order valence-electron chi connectivity index (χ2n) is 29.6. The highest BCUT2D eigenvalue weighted by Crippen LogP contribution is 2.31. The van der Waals surface area contributed by atoms with Gasteiger partial charge >= 0.3 is 0 Å². The average molecular weight is 1510 g/mol. The highest BCUT2D eigenvalue weighted by molar-refractivity contribution is 5.64. The first kappa shape index (κ1) is 85.5. The van der Waals surface area contributed by atoms with Gasteiger partial charge in [-0.1, -0.05) is 311 Å². The van der Waals surface area contributed by atoms with Crippen LogP contribution in [0.5, 0.6) is 0 Å². The van der Waals surface area contributed by atoms with Crippen LogP contribution in [0.2, 0.25) is 0 Å². The van der Waals surface area contributed by atoms with E-state index in [2.05, 4.69) is 273 Å². The highest BCUT2D eigenvalue weighted by atomic mass is 15.5. The van der Waals surface area contributed by atoms with E-state index in [1.54, 1.807) is 24.8 Å². The van der Waals surface area contributed by atoms with Gasteiger partial charge in [-0.3, -0.25) is 0 Å². The molecule has 0 fully saturated rings. The van der Waals surface area contributed by atoms with Gasteiger partial charge in [0.2, 0.25) is 0 Å². The average Bonchev–Trinajstić information content (AvgIpc) is 1.26. The van der Waals surface area contributed by atoms with E-state index in [1.807, 2.05) is 79.9 Å². The Bertz CT molecular complexity index is 4120. The molecule has 0 spiro atoms. The van der Waals surface area contributed by atoms with Crippen LogP contribution in [-0.4, -0.2) is 60.0 Å². The second kappa shape index (κ2) is 51.1. The maximum absolute atomic E-state index is 4.21. The number of nitrogens with zero attached hydrogens (tertiary/aromatic N) is 14. The predicted molar refractivity (Wildman–Crippen MR) is 467 cm³/mol. The Balaban J connectivity index is 0.000000173. The van der Waals surface area contributed by atoms with E-state index in [-0.39, 0.29) is 12.3 Å². The molecule has 12 rings (SSSR count). The number of unbranched alkanes of at least 4 members (excludes halogenated alkanes) is 18. The number of benzene rings is 8. The minimum atomic E-state index is -0.0713. The molecule has 0 saturated carbocycles. The van der Waals surface area contributed by atoms with Crippen LogP contribution in [0.1, 0.15) is 252 Å². The third kappa shape index (κ3) is 30.7. The molecular weight excluding hydrogens is 1380 g/mol. The summed E-state index contributed by atoms with van der Waals surface area (Å²) in [7, 11) is 0. The van der Waals surface area contributed by atoms with Gasteiger partial charge in [-0.2, -0.15) is 0 Å². The molecule has 0 aliphatic rings. The van der Waals surface area contributed by atoms with Gasteiger partial charge < -0.3 is 20.4 Å². The van der Waals surface area contributed by atoms with Crippen LogP contribution in [-0.2, 0) is 51.9 Å². The number of para-hydroxylation sites is 2. The third-order valence-electron chi connectivity index (χ3n) is 20.6. The van der Waals surface area contributed by atoms with Crippen molar-refractivity contribution >= 4 is 34.1 Å². The number of aromatic nitrogens is 12. The fourth-order valence-electron chi connectivity index (χ4n) is 13.8. The maximum Gasteiger partial charge on any atom is 0.148 e. The SMILES string of the molecule is CCCCCCCCc1ccc(C(Nc2ccccc2)n2ccnn2)cc1.CCCCCCCCc1ccc(N(Cn2ccnn2)c2ccc(CCCCCCCC)cc2)cc1.CCCCc1ccc(C(Nc2ccccc2)n2ccnn2)cc1.CCCCc1ccc(N(Cn2ccnn2)c2ccc(CCCC)cc2)cc1. The number of aryl methyl sites for hydroxylation is 6. The summed E-state index contributed by atoms with van der Waals surface area (Å²) in [6.45, 7) is 14.8. The van der Waals surface area contributed by atoms with E-state index < -0.39 is 0 Å². The Kier molecular flexibility index (Phi) is 39.1. The molecule has 2 unspecified atom stereocenters. The van der Waals surface area contributed by atoms with Crippen molar-refractivity contribution in [1.29, 1.82) is 0 Å². The molecule has 8 aromatic carbocycles. The summed E-state index contributed by atoms with van der Waals surface area (Å²) in [6.07, 6.45) is 52.8. The molecule has 2 atom stereocenters. The van der Waals surface area contributed by atoms with Crippen LogP contribution in [0.25, 0.3) is 0 Å². The molecule has 0 aliphatic carbocycles. The molecule has 2 N–H and O–H groups in total. The number of hydrogen-bond donors (Lipinski definition) is 2. The fraction of sp³-hybridized carbons (Fsp3) is 0.417. The monoisotopic (exact) mass is 1510 g/mol. The Labute approximate surface area is 670 Å². The lowest BCUT2D eigenvalue weighted by molar-refractivity contribution is 0.554. The maximum atomic E-state index is 4.21. The number of rotatable bonds is 46. The fourth-order valence-corrected chi connectivity index (χ4v) is 13.8. The molecule has 12 aromatic rings. The Morgan fingerprint density at radius 2 is 0.509 bits per heavy atom. The zero-order chi connectivity index (χ0) is 78.1. The van der Waals surface area contributed by atoms with E-state index in [9.17, 15) is 0 Å². The molecule has 16 heteroatoms. The second-order valence-corrected chi connectivity index (χ2v) is 29.6. The van der Waals surface area contributed by atoms with Crippen molar-refractivity contribution in [3.63, 3.8) is 0 Å². The van der Waals surface area contributed by atoms with Gasteiger partial charge in [0.25, 0.3) is 0 Å². The van der Waals surface area contributed by atoms with Crippen molar-refractivity contribution in [2.24, 2.45) is 0 Å². The van der Waals surface area contributed by atoms with Crippen molar-refractivity contribution in [2.45, 2.75) is 260 Å². The van der Waals surface area contributed by atoms with E-state index in [1.165, 1.54) is 234 Å². The highest BCUT2D eigenvalue weighted by Gasteiger charge is 2.18. The van der Waals surface area contributed by atoms with Crippen LogP contribution in [0.4, 0.5) is 34.1 Å². The van der Waals surface area contributed by atoms with Crippen LogP contribution in [0.15, 0.2) is 256 Å². The normalized spacial score (nSPS) is 11.5. The van der Waals surface area contributed by atoms with Gasteiger partial charge in [-0.05, 0) is 194 Å². The van der Waals surface area contributed by atoms with E-state index >= 15 is 0 Å². The predicted octanol–water partition coefficient (Wildman–Crippen LogP) is 24.8. The minimum absolute atomic E-state index is 0.0693. The lowest BCUT2D eigenvalue weighted by atomic mass is 10.0. The summed E-state index contributed by atoms with van der Waals surface area (Å²) in [6, 6.07) is 74.1. The smallest absolute Gasteiger partial charge is 0.148 e. The Hall–Kier alpha value is -10.5. The van der Waals surface area contributed by atoms with Crippen molar-refractivity contribution < 1.29 is 0 Å². The molecule has 0 amide bonds. The summed E-state index contributed by atoms with van der Waals surface area (Å²) in [5, 5.41) is 39.6. The topological polar surface area (TPSA) is 153 Å². The number of nitrogens with one attached hydrogen (secondary N) is 2. The first-order valence-electron chi connectivity index (χ1n) is 42.4. The third-order valence-corrected chi connectivity index (χ3v) is 20.6. The summed E-state index contributed by atoms with van der Waals surface area (Å²) < 4.78 is 7.44. The molecule has 112 heavy (non-hydrogen) atoms. The molecular formula is C96H128N16. The van der Waals surface area contributed by atoms with Crippen LogP contribution in [0.3, 0.4) is 0 Å². The molecule has 0 radical (unpaired) electrons.